The van der Waals surface area contributed by atoms with E-state index >= 15 is 0 Å². The summed E-state index contributed by atoms with van der Waals surface area (Å²) in [5.74, 6) is 2.10. The van der Waals surface area contributed by atoms with Crippen molar-refractivity contribution in [2.45, 2.75) is 69.4 Å². The number of aromatic nitrogens is 1. The van der Waals surface area contributed by atoms with Crippen LogP contribution in [0.4, 0.5) is 5.82 Å². The van der Waals surface area contributed by atoms with Crippen molar-refractivity contribution in [3.8, 4) is 5.75 Å². The Hall–Kier alpha value is -2.60. The summed E-state index contributed by atoms with van der Waals surface area (Å²) < 4.78 is 5.32. The molecule has 1 aromatic heterocycles. The lowest BCUT2D eigenvalue weighted by atomic mass is 9.77. The average molecular weight is 463 g/mol. The van der Waals surface area contributed by atoms with Crippen LogP contribution >= 0.6 is 0 Å². The van der Waals surface area contributed by atoms with Crippen molar-refractivity contribution in [3.05, 3.63) is 53.7 Å². The molecule has 1 amide bonds. The van der Waals surface area contributed by atoms with Gasteiger partial charge in [-0.2, -0.15) is 0 Å². The zero-order valence-electron chi connectivity index (χ0n) is 20.5. The maximum absolute atomic E-state index is 13.5. The number of hydrogen-bond donors (Lipinski definition) is 1. The maximum Gasteiger partial charge on any atom is 0.230 e. The topological polar surface area (TPSA) is 57.7 Å². The van der Waals surface area contributed by atoms with E-state index in [1.165, 1.54) is 31.5 Å². The maximum atomic E-state index is 13.5. The lowest BCUT2D eigenvalue weighted by molar-refractivity contribution is -0.127. The van der Waals surface area contributed by atoms with E-state index in [-0.39, 0.29) is 11.9 Å². The predicted molar refractivity (Wildman–Crippen MR) is 135 cm³/mol. The van der Waals surface area contributed by atoms with Crippen LogP contribution < -0.4 is 15.0 Å². The molecule has 1 saturated carbocycles. The number of hydrogen-bond acceptors (Lipinski definition) is 5. The van der Waals surface area contributed by atoms with Gasteiger partial charge in [0.25, 0.3) is 0 Å². The third-order valence-electron chi connectivity index (χ3n) is 8.10. The zero-order valence-corrected chi connectivity index (χ0v) is 20.5. The Morgan fingerprint density at radius 2 is 1.71 bits per heavy atom. The van der Waals surface area contributed by atoms with E-state index in [1.807, 2.05) is 18.3 Å². The van der Waals surface area contributed by atoms with Crippen molar-refractivity contribution in [1.29, 1.82) is 0 Å². The Labute approximate surface area is 203 Å². The fourth-order valence-corrected chi connectivity index (χ4v) is 6.01. The first-order valence-electron chi connectivity index (χ1n) is 13.0. The molecule has 182 valence electrons. The van der Waals surface area contributed by atoms with E-state index in [0.717, 1.165) is 75.3 Å². The van der Waals surface area contributed by atoms with Crippen molar-refractivity contribution < 1.29 is 9.53 Å². The molecule has 0 radical (unpaired) electrons. The minimum atomic E-state index is -0.393. The van der Waals surface area contributed by atoms with Crippen LogP contribution in [0.2, 0.25) is 0 Å². The van der Waals surface area contributed by atoms with E-state index in [2.05, 4.69) is 39.4 Å². The van der Waals surface area contributed by atoms with Crippen LogP contribution in [0, 0.1) is 0 Å². The van der Waals surface area contributed by atoms with E-state index in [1.54, 1.807) is 7.11 Å². The molecule has 6 nitrogen and oxygen atoms in total. The third kappa shape index (κ3) is 4.92. The van der Waals surface area contributed by atoms with Crippen LogP contribution in [0.25, 0.3) is 0 Å². The minimum Gasteiger partial charge on any atom is -0.497 e. The molecule has 2 aromatic rings. The number of nitrogens with zero attached hydrogens (tertiary/aromatic N) is 3. The second-order valence-corrected chi connectivity index (χ2v) is 10.3. The molecule has 34 heavy (non-hydrogen) atoms. The number of amides is 1. The van der Waals surface area contributed by atoms with Crippen molar-refractivity contribution in [2.75, 3.05) is 38.2 Å². The number of likely N-dealkylation sites (tertiary alicyclic amines) is 1. The lowest BCUT2D eigenvalue weighted by Crippen LogP contribution is -2.50. The van der Waals surface area contributed by atoms with Crippen molar-refractivity contribution in [3.63, 3.8) is 0 Å². The van der Waals surface area contributed by atoms with Gasteiger partial charge in [-0.25, -0.2) is 4.98 Å². The normalized spacial score (nSPS) is 21.0. The number of carbonyl (C=O) groups excluding carboxylic acids is 1. The summed E-state index contributed by atoms with van der Waals surface area (Å²) in [5, 5.41) is 3.43. The molecule has 5 rings (SSSR count). The highest BCUT2D eigenvalue weighted by Crippen LogP contribution is 2.42. The fourth-order valence-electron chi connectivity index (χ4n) is 6.01. The molecule has 1 aliphatic carbocycles. The van der Waals surface area contributed by atoms with Crippen LogP contribution in [0.1, 0.15) is 62.5 Å². The Bertz CT molecular complexity index is 939. The highest BCUT2D eigenvalue weighted by atomic mass is 16.5. The quantitative estimate of drug-likeness (QED) is 0.666. The number of rotatable bonds is 7. The smallest absolute Gasteiger partial charge is 0.230 e. The number of anilines is 1. The van der Waals surface area contributed by atoms with Gasteiger partial charge < -0.3 is 15.0 Å². The molecule has 0 unspecified atom stereocenters. The Morgan fingerprint density at radius 1 is 1.00 bits per heavy atom. The minimum absolute atomic E-state index is 0.206. The summed E-state index contributed by atoms with van der Waals surface area (Å²) in [5.41, 5.74) is 2.03. The Morgan fingerprint density at radius 3 is 2.32 bits per heavy atom. The van der Waals surface area contributed by atoms with Gasteiger partial charge in [-0.1, -0.05) is 31.0 Å². The summed E-state index contributed by atoms with van der Waals surface area (Å²) in [6.45, 7) is 5.29. The van der Waals surface area contributed by atoms with Gasteiger partial charge in [-0.05, 0) is 80.9 Å². The summed E-state index contributed by atoms with van der Waals surface area (Å²) >= 11 is 0. The fraction of sp³-hybridized carbons (Fsp3) is 0.571. The third-order valence-corrected chi connectivity index (χ3v) is 8.10. The second-order valence-electron chi connectivity index (χ2n) is 10.3. The predicted octanol–water partition coefficient (Wildman–Crippen LogP) is 4.28. The number of benzene rings is 1. The Balaban J connectivity index is 1.16. The lowest BCUT2D eigenvalue weighted by Gasteiger charge is -2.36. The first kappa shape index (κ1) is 23.2. The number of carbonyl (C=O) groups is 1. The van der Waals surface area contributed by atoms with Crippen LogP contribution in [0.15, 0.2) is 42.6 Å². The molecule has 0 spiro atoms. The van der Waals surface area contributed by atoms with Gasteiger partial charge >= 0.3 is 0 Å². The molecular formula is C28H38N4O2. The van der Waals surface area contributed by atoms with Crippen molar-refractivity contribution in [2.24, 2.45) is 0 Å². The van der Waals surface area contributed by atoms with Crippen LogP contribution in [0.3, 0.4) is 0 Å². The largest absolute Gasteiger partial charge is 0.497 e. The Kier molecular flexibility index (Phi) is 7.05. The molecule has 0 atom stereocenters. The zero-order chi connectivity index (χ0) is 23.4. The monoisotopic (exact) mass is 462 g/mol. The number of piperidine rings is 1. The number of pyridine rings is 1. The molecule has 2 aliphatic heterocycles. The molecular weight excluding hydrogens is 424 g/mol. The van der Waals surface area contributed by atoms with Crippen LogP contribution in [0.5, 0.6) is 5.75 Å². The van der Waals surface area contributed by atoms with Gasteiger partial charge in [-0.3, -0.25) is 9.69 Å². The number of ether oxygens (including phenoxy) is 1. The van der Waals surface area contributed by atoms with E-state index in [9.17, 15) is 4.79 Å². The van der Waals surface area contributed by atoms with E-state index < -0.39 is 5.41 Å². The molecule has 3 heterocycles. The van der Waals surface area contributed by atoms with Gasteiger partial charge in [0.2, 0.25) is 5.91 Å². The summed E-state index contributed by atoms with van der Waals surface area (Å²) in [6, 6.07) is 12.7. The molecule has 2 saturated heterocycles. The van der Waals surface area contributed by atoms with Crippen molar-refractivity contribution >= 4 is 11.7 Å². The van der Waals surface area contributed by atoms with Gasteiger partial charge in [0.15, 0.2) is 0 Å². The highest BCUT2D eigenvalue weighted by molar-refractivity contribution is 5.89. The molecule has 3 fully saturated rings. The summed E-state index contributed by atoms with van der Waals surface area (Å²) in [4.78, 5) is 23.2. The van der Waals surface area contributed by atoms with E-state index in [0.29, 0.717) is 0 Å². The second kappa shape index (κ2) is 10.3. The standard InChI is InChI=1S/C28H38N4O2/c1-34-25-9-7-23(8-10-25)28(14-2-3-15-28)27(33)30-24-12-18-32(19-13-24)26-11-6-22(20-29-26)21-31-16-4-5-17-31/h6-11,20,24H,2-5,12-19,21H2,1H3,(H,30,33). The van der Waals surface area contributed by atoms with Gasteiger partial charge in [0, 0.05) is 31.9 Å². The molecule has 1 N–H and O–H groups in total. The average Bonchev–Trinajstić information content (AvgIpc) is 3.58. The highest BCUT2D eigenvalue weighted by Gasteiger charge is 2.43. The summed E-state index contributed by atoms with van der Waals surface area (Å²) in [6.07, 6.45) is 10.7. The van der Waals surface area contributed by atoms with Crippen LogP contribution in [-0.2, 0) is 16.8 Å². The van der Waals surface area contributed by atoms with E-state index in [4.69, 9.17) is 9.72 Å². The molecule has 6 heteroatoms. The summed E-state index contributed by atoms with van der Waals surface area (Å²) in [7, 11) is 1.68. The van der Waals surface area contributed by atoms with Gasteiger partial charge in [0.1, 0.15) is 11.6 Å². The molecule has 0 bridgehead atoms. The molecule has 3 aliphatic rings. The number of methoxy groups -OCH3 is 1. The van der Waals surface area contributed by atoms with Gasteiger partial charge in [-0.15, -0.1) is 0 Å². The van der Waals surface area contributed by atoms with Crippen LogP contribution in [-0.4, -0.2) is 55.1 Å². The van der Waals surface area contributed by atoms with Crippen molar-refractivity contribution in [1.82, 2.24) is 15.2 Å². The first-order valence-corrected chi connectivity index (χ1v) is 13.0. The number of nitrogens with one attached hydrogen (secondary N) is 1. The van der Waals surface area contributed by atoms with Gasteiger partial charge in [0.05, 0.1) is 12.5 Å². The molecule has 1 aromatic carbocycles. The first-order chi connectivity index (χ1) is 16.7. The SMILES string of the molecule is COc1ccc(C2(C(=O)NC3CCN(c4ccc(CN5CCCC5)cn4)CC3)CCCC2)cc1.